The SMILES string of the molecule is CCCC(NCC1(CO)COC1)c1cccc(C(F)(F)F)c1. The molecule has 1 aromatic rings. The minimum Gasteiger partial charge on any atom is -0.396 e. The van der Waals surface area contributed by atoms with Gasteiger partial charge in [0.25, 0.3) is 0 Å². The van der Waals surface area contributed by atoms with Crippen molar-refractivity contribution in [3.05, 3.63) is 35.4 Å². The van der Waals surface area contributed by atoms with Gasteiger partial charge in [0.05, 0.1) is 30.8 Å². The summed E-state index contributed by atoms with van der Waals surface area (Å²) in [5.74, 6) is 0. The molecule has 1 aliphatic heterocycles. The smallest absolute Gasteiger partial charge is 0.396 e. The van der Waals surface area contributed by atoms with Crippen molar-refractivity contribution in [2.24, 2.45) is 5.41 Å². The number of benzene rings is 1. The Morgan fingerprint density at radius 3 is 2.59 bits per heavy atom. The highest BCUT2D eigenvalue weighted by Gasteiger charge is 2.38. The van der Waals surface area contributed by atoms with Crippen LogP contribution in [0.1, 0.15) is 36.9 Å². The van der Waals surface area contributed by atoms with Crippen LogP contribution in [-0.2, 0) is 10.9 Å². The maximum atomic E-state index is 12.8. The van der Waals surface area contributed by atoms with Gasteiger partial charge in [0.2, 0.25) is 0 Å². The fourth-order valence-electron chi connectivity index (χ4n) is 2.59. The van der Waals surface area contributed by atoms with Gasteiger partial charge in [0.1, 0.15) is 0 Å². The fourth-order valence-corrected chi connectivity index (χ4v) is 2.59. The molecule has 0 saturated carbocycles. The van der Waals surface area contributed by atoms with E-state index in [-0.39, 0.29) is 18.1 Å². The molecule has 1 aromatic carbocycles. The van der Waals surface area contributed by atoms with E-state index in [1.54, 1.807) is 6.07 Å². The Balaban J connectivity index is 2.10. The largest absolute Gasteiger partial charge is 0.416 e. The molecule has 6 heteroatoms. The number of hydrogen-bond donors (Lipinski definition) is 2. The van der Waals surface area contributed by atoms with Crippen LogP contribution in [-0.4, -0.2) is 31.5 Å². The van der Waals surface area contributed by atoms with Gasteiger partial charge < -0.3 is 15.2 Å². The molecule has 1 fully saturated rings. The summed E-state index contributed by atoms with van der Waals surface area (Å²) in [6.07, 6.45) is -2.73. The second-order valence-electron chi connectivity index (χ2n) is 6.00. The monoisotopic (exact) mass is 317 g/mol. The van der Waals surface area contributed by atoms with Crippen LogP contribution in [0.25, 0.3) is 0 Å². The predicted molar refractivity (Wildman–Crippen MR) is 77.4 cm³/mol. The molecule has 2 N–H and O–H groups in total. The van der Waals surface area contributed by atoms with Gasteiger partial charge in [-0.15, -0.1) is 0 Å². The Hall–Kier alpha value is -1.11. The lowest BCUT2D eigenvalue weighted by Gasteiger charge is -2.41. The number of rotatable bonds is 7. The minimum absolute atomic E-state index is 0.0153. The first-order chi connectivity index (χ1) is 10.4. The highest BCUT2D eigenvalue weighted by Crippen LogP contribution is 2.32. The topological polar surface area (TPSA) is 41.5 Å². The molecule has 0 bridgehead atoms. The van der Waals surface area contributed by atoms with E-state index in [1.807, 2.05) is 6.92 Å². The minimum atomic E-state index is -4.33. The van der Waals surface area contributed by atoms with Crippen LogP contribution < -0.4 is 5.32 Å². The second kappa shape index (κ2) is 6.98. The van der Waals surface area contributed by atoms with Crippen molar-refractivity contribution in [1.82, 2.24) is 5.32 Å². The van der Waals surface area contributed by atoms with E-state index in [1.165, 1.54) is 12.1 Å². The zero-order valence-corrected chi connectivity index (χ0v) is 12.6. The van der Waals surface area contributed by atoms with E-state index >= 15 is 0 Å². The van der Waals surface area contributed by atoms with Crippen molar-refractivity contribution >= 4 is 0 Å². The van der Waals surface area contributed by atoms with Crippen LogP contribution in [0.3, 0.4) is 0 Å². The molecule has 0 amide bonds. The van der Waals surface area contributed by atoms with Crippen LogP contribution in [0, 0.1) is 5.41 Å². The van der Waals surface area contributed by atoms with Crippen LogP contribution in [0.2, 0.25) is 0 Å². The third-order valence-corrected chi connectivity index (χ3v) is 4.07. The number of aliphatic hydroxyl groups is 1. The Bertz CT molecular complexity index is 481. The van der Waals surface area contributed by atoms with Gasteiger partial charge in [0.15, 0.2) is 0 Å². The average molecular weight is 317 g/mol. The molecule has 1 atom stereocenters. The van der Waals surface area contributed by atoms with Gasteiger partial charge in [-0.25, -0.2) is 0 Å². The van der Waals surface area contributed by atoms with E-state index in [4.69, 9.17) is 4.74 Å². The Morgan fingerprint density at radius 2 is 2.09 bits per heavy atom. The predicted octanol–water partition coefficient (Wildman–Crippen LogP) is 3.15. The van der Waals surface area contributed by atoms with Gasteiger partial charge in [-0.05, 0) is 24.1 Å². The molecule has 1 aliphatic rings. The molecule has 2 rings (SSSR count). The van der Waals surface area contributed by atoms with E-state index in [0.29, 0.717) is 25.3 Å². The lowest BCUT2D eigenvalue weighted by molar-refractivity contribution is -0.137. The van der Waals surface area contributed by atoms with Gasteiger partial charge in [-0.3, -0.25) is 0 Å². The first kappa shape index (κ1) is 17.2. The Morgan fingerprint density at radius 1 is 1.36 bits per heavy atom. The van der Waals surface area contributed by atoms with Crippen molar-refractivity contribution in [2.45, 2.75) is 32.0 Å². The lowest BCUT2D eigenvalue weighted by atomic mass is 9.86. The summed E-state index contributed by atoms with van der Waals surface area (Å²) >= 11 is 0. The van der Waals surface area contributed by atoms with Gasteiger partial charge in [-0.1, -0.05) is 25.5 Å². The number of alkyl halides is 3. The summed E-state index contributed by atoms with van der Waals surface area (Å²) < 4.78 is 43.7. The zero-order chi connectivity index (χ0) is 16.2. The third kappa shape index (κ3) is 4.00. The van der Waals surface area contributed by atoms with Crippen LogP contribution in [0.5, 0.6) is 0 Å². The highest BCUT2D eigenvalue weighted by atomic mass is 19.4. The normalized spacial score (nSPS) is 18.8. The first-order valence-electron chi connectivity index (χ1n) is 7.49. The summed E-state index contributed by atoms with van der Waals surface area (Å²) in [6, 6.07) is 5.29. The molecular weight excluding hydrogens is 295 g/mol. The number of hydrogen-bond acceptors (Lipinski definition) is 3. The molecule has 22 heavy (non-hydrogen) atoms. The number of ether oxygens (including phenoxy) is 1. The lowest BCUT2D eigenvalue weighted by Crippen LogP contribution is -2.52. The molecule has 1 unspecified atom stereocenters. The van der Waals surface area contributed by atoms with E-state index in [0.717, 1.165) is 18.9 Å². The number of aliphatic hydroxyl groups excluding tert-OH is 1. The van der Waals surface area contributed by atoms with Crippen molar-refractivity contribution in [3.63, 3.8) is 0 Å². The van der Waals surface area contributed by atoms with Gasteiger partial charge in [0, 0.05) is 12.6 Å². The van der Waals surface area contributed by atoms with Crippen LogP contribution in [0.4, 0.5) is 13.2 Å². The average Bonchev–Trinajstić information content (AvgIpc) is 2.44. The summed E-state index contributed by atoms with van der Waals surface area (Å²) in [5, 5.41) is 12.7. The molecule has 0 radical (unpaired) electrons. The molecule has 0 spiro atoms. The summed E-state index contributed by atoms with van der Waals surface area (Å²) in [5.41, 5.74) is -0.296. The highest BCUT2D eigenvalue weighted by molar-refractivity contribution is 5.28. The number of nitrogens with one attached hydrogen (secondary N) is 1. The molecule has 124 valence electrons. The maximum absolute atomic E-state index is 12.8. The Labute approximate surface area is 128 Å². The summed E-state index contributed by atoms with van der Waals surface area (Å²) in [4.78, 5) is 0. The van der Waals surface area contributed by atoms with Gasteiger partial charge >= 0.3 is 6.18 Å². The van der Waals surface area contributed by atoms with Crippen LogP contribution >= 0.6 is 0 Å². The quantitative estimate of drug-likeness (QED) is 0.812. The standard InChI is InChI=1S/C16H22F3NO2/c1-2-4-14(20-8-15(9-21)10-22-11-15)12-5-3-6-13(7-12)16(17,18)19/h3,5-7,14,20-21H,2,4,8-11H2,1H3. The van der Waals surface area contributed by atoms with Crippen molar-refractivity contribution < 1.29 is 23.0 Å². The molecular formula is C16H22F3NO2. The van der Waals surface area contributed by atoms with Crippen molar-refractivity contribution in [3.8, 4) is 0 Å². The third-order valence-electron chi connectivity index (χ3n) is 4.07. The van der Waals surface area contributed by atoms with Gasteiger partial charge in [-0.2, -0.15) is 13.2 Å². The molecule has 0 aromatic heterocycles. The summed E-state index contributed by atoms with van der Waals surface area (Å²) in [6.45, 7) is 3.51. The summed E-state index contributed by atoms with van der Waals surface area (Å²) in [7, 11) is 0. The molecule has 0 aliphatic carbocycles. The van der Waals surface area contributed by atoms with E-state index in [9.17, 15) is 18.3 Å². The Kier molecular flexibility index (Phi) is 5.47. The fraction of sp³-hybridized carbons (Fsp3) is 0.625. The van der Waals surface area contributed by atoms with Crippen LogP contribution in [0.15, 0.2) is 24.3 Å². The molecule has 3 nitrogen and oxygen atoms in total. The second-order valence-corrected chi connectivity index (χ2v) is 6.00. The van der Waals surface area contributed by atoms with Crippen molar-refractivity contribution in [1.29, 1.82) is 0 Å². The maximum Gasteiger partial charge on any atom is 0.416 e. The van der Waals surface area contributed by atoms with E-state index in [2.05, 4.69) is 5.32 Å². The molecule has 1 saturated heterocycles. The number of halogens is 3. The first-order valence-corrected chi connectivity index (χ1v) is 7.49. The zero-order valence-electron chi connectivity index (χ0n) is 12.6. The van der Waals surface area contributed by atoms with Crippen molar-refractivity contribution in [2.75, 3.05) is 26.4 Å². The molecule has 1 heterocycles. The van der Waals surface area contributed by atoms with E-state index < -0.39 is 11.7 Å².